The summed E-state index contributed by atoms with van der Waals surface area (Å²) in [5.74, 6) is -0.129. The molecule has 5 heteroatoms. The summed E-state index contributed by atoms with van der Waals surface area (Å²) in [4.78, 5) is 15.1. The van der Waals surface area contributed by atoms with Crippen LogP contribution in [0.25, 0.3) is 10.1 Å². The monoisotopic (exact) mass is 301 g/mol. The van der Waals surface area contributed by atoms with Crippen LogP contribution >= 0.6 is 23.1 Å². The zero-order chi connectivity index (χ0) is 13.9. The quantitative estimate of drug-likeness (QED) is 0.730. The van der Waals surface area contributed by atoms with Crippen LogP contribution < -0.4 is 0 Å². The summed E-state index contributed by atoms with van der Waals surface area (Å²) in [7, 11) is 0. The molecule has 0 unspecified atom stereocenters. The number of carboxylic acids is 1. The topological polar surface area (TPSA) is 50.2 Å². The van der Waals surface area contributed by atoms with E-state index in [2.05, 4.69) is 22.5 Å². The second kappa shape index (κ2) is 5.64. The number of pyridine rings is 1. The number of carbonyl (C=O) groups is 1. The number of benzene rings is 1. The number of hydrogen-bond acceptors (Lipinski definition) is 4. The van der Waals surface area contributed by atoms with E-state index < -0.39 is 5.97 Å². The Morgan fingerprint density at radius 3 is 3.00 bits per heavy atom. The van der Waals surface area contributed by atoms with E-state index in [0.717, 1.165) is 10.8 Å². The number of nitrogens with zero attached hydrogens (tertiary/aromatic N) is 1. The number of thioether (sulfide) groups is 1. The van der Waals surface area contributed by atoms with E-state index in [-0.39, 0.29) is 5.56 Å². The molecule has 3 rings (SSSR count). The van der Waals surface area contributed by atoms with Crippen molar-refractivity contribution in [3.63, 3.8) is 0 Å². The third kappa shape index (κ3) is 2.69. The lowest BCUT2D eigenvalue weighted by molar-refractivity contribution is 0.0696. The van der Waals surface area contributed by atoms with E-state index >= 15 is 0 Å². The molecule has 3 aromatic rings. The Morgan fingerprint density at radius 1 is 1.30 bits per heavy atom. The molecule has 0 saturated carbocycles. The number of thiophene rings is 1. The lowest BCUT2D eigenvalue weighted by Crippen LogP contribution is -1.96. The first-order valence-corrected chi connectivity index (χ1v) is 7.88. The predicted molar refractivity (Wildman–Crippen MR) is 82.6 cm³/mol. The van der Waals surface area contributed by atoms with E-state index in [9.17, 15) is 4.79 Å². The Morgan fingerprint density at radius 2 is 2.15 bits per heavy atom. The Balaban J connectivity index is 1.79. The highest BCUT2D eigenvalue weighted by atomic mass is 32.2. The van der Waals surface area contributed by atoms with Gasteiger partial charge in [0, 0.05) is 16.6 Å². The fraction of sp³-hybridized carbons (Fsp3) is 0.0667. The molecule has 0 fully saturated rings. The molecule has 0 aliphatic rings. The predicted octanol–water partition coefficient (Wildman–Crippen LogP) is 4.29. The third-order valence-corrected chi connectivity index (χ3v) is 4.91. The van der Waals surface area contributed by atoms with Crippen LogP contribution in [0.1, 0.15) is 15.9 Å². The fourth-order valence-corrected chi connectivity index (χ4v) is 3.87. The van der Waals surface area contributed by atoms with Gasteiger partial charge >= 0.3 is 5.97 Å². The summed E-state index contributed by atoms with van der Waals surface area (Å²) in [6.45, 7) is 0. The maximum Gasteiger partial charge on any atom is 0.335 e. The average molecular weight is 301 g/mol. The highest BCUT2D eigenvalue weighted by Crippen LogP contribution is 2.30. The van der Waals surface area contributed by atoms with Crippen LogP contribution in [-0.4, -0.2) is 16.1 Å². The summed E-state index contributed by atoms with van der Waals surface area (Å²) >= 11 is 3.29. The number of aromatic nitrogens is 1. The van der Waals surface area contributed by atoms with Crippen molar-refractivity contribution in [1.82, 2.24) is 4.98 Å². The maximum absolute atomic E-state index is 10.9. The van der Waals surface area contributed by atoms with E-state index in [0.29, 0.717) is 0 Å². The zero-order valence-corrected chi connectivity index (χ0v) is 12.1. The van der Waals surface area contributed by atoms with Crippen LogP contribution in [-0.2, 0) is 5.75 Å². The van der Waals surface area contributed by atoms with Gasteiger partial charge < -0.3 is 5.11 Å². The molecule has 2 heterocycles. The van der Waals surface area contributed by atoms with Crippen LogP contribution in [0, 0.1) is 0 Å². The number of aromatic carboxylic acids is 1. The zero-order valence-electron chi connectivity index (χ0n) is 10.4. The Kier molecular flexibility index (Phi) is 3.71. The van der Waals surface area contributed by atoms with E-state index in [4.69, 9.17) is 5.11 Å². The van der Waals surface area contributed by atoms with Gasteiger partial charge in [-0.25, -0.2) is 9.78 Å². The summed E-state index contributed by atoms with van der Waals surface area (Å²) < 4.78 is 1.27. The van der Waals surface area contributed by atoms with Gasteiger partial charge in [0.1, 0.15) is 0 Å². The van der Waals surface area contributed by atoms with Crippen molar-refractivity contribution in [3.8, 4) is 0 Å². The van der Waals surface area contributed by atoms with Gasteiger partial charge in [0.15, 0.2) is 0 Å². The molecule has 0 spiro atoms. The minimum atomic E-state index is -0.921. The summed E-state index contributed by atoms with van der Waals surface area (Å²) in [6, 6.07) is 11.4. The van der Waals surface area contributed by atoms with E-state index in [1.54, 1.807) is 29.2 Å². The Labute approximate surface area is 124 Å². The third-order valence-electron chi connectivity index (χ3n) is 2.92. The van der Waals surface area contributed by atoms with Crippen molar-refractivity contribution < 1.29 is 9.90 Å². The molecule has 1 N–H and O–H groups in total. The maximum atomic E-state index is 10.9. The molecule has 0 radical (unpaired) electrons. The molecule has 100 valence electrons. The number of hydrogen-bond donors (Lipinski definition) is 1. The fourth-order valence-electron chi connectivity index (χ4n) is 1.92. The first-order valence-electron chi connectivity index (χ1n) is 6.01. The molecular weight excluding hydrogens is 290 g/mol. The largest absolute Gasteiger partial charge is 0.478 e. The summed E-state index contributed by atoms with van der Waals surface area (Å²) in [6.07, 6.45) is 1.54. The van der Waals surface area contributed by atoms with Gasteiger partial charge in [-0.1, -0.05) is 18.2 Å². The SMILES string of the molecule is O=C(O)c1ccnc(SCc2csc3ccccc23)c1. The van der Waals surface area contributed by atoms with Crippen LogP contribution in [0.3, 0.4) is 0 Å². The molecule has 0 aliphatic carbocycles. The average Bonchev–Trinajstić information content (AvgIpc) is 2.89. The minimum absolute atomic E-state index is 0.276. The molecule has 0 amide bonds. The van der Waals surface area contributed by atoms with Gasteiger partial charge in [0.25, 0.3) is 0 Å². The normalized spacial score (nSPS) is 10.8. The molecule has 3 nitrogen and oxygen atoms in total. The molecule has 1 aromatic carbocycles. The van der Waals surface area contributed by atoms with Gasteiger partial charge in [0.05, 0.1) is 10.6 Å². The summed E-state index contributed by atoms with van der Waals surface area (Å²) in [5, 5.41) is 13.1. The standard InChI is InChI=1S/C15H11NO2S2/c17-15(18)10-5-6-16-14(7-10)20-9-11-8-19-13-4-2-1-3-12(11)13/h1-8H,9H2,(H,17,18). The second-order valence-electron chi connectivity index (χ2n) is 4.23. The number of rotatable bonds is 4. The molecule has 20 heavy (non-hydrogen) atoms. The van der Waals surface area contributed by atoms with E-state index in [1.165, 1.54) is 27.9 Å². The van der Waals surface area contributed by atoms with Crippen molar-refractivity contribution in [3.05, 3.63) is 59.1 Å². The molecule has 0 aliphatic heterocycles. The molecular formula is C15H11NO2S2. The van der Waals surface area contributed by atoms with Crippen molar-refractivity contribution in [2.24, 2.45) is 0 Å². The molecule has 0 atom stereocenters. The Bertz CT molecular complexity index is 767. The van der Waals surface area contributed by atoms with Crippen LogP contribution in [0.15, 0.2) is 53.0 Å². The van der Waals surface area contributed by atoms with Crippen molar-refractivity contribution in [2.45, 2.75) is 10.8 Å². The first kappa shape index (κ1) is 13.1. The van der Waals surface area contributed by atoms with Crippen LogP contribution in [0.2, 0.25) is 0 Å². The van der Waals surface area contributed by atoms with Crippen LogP contribution in [0.4, 0.5) is 0 Å². The highest BCUT2D eigenvalue weighted by molar-refractivity contribution is 7.98. The van der Waals surface area contributed by atoms with Gasteiger partial charge in [-0.15, -0.1) is 23.1 Å². The van der Waals surface area contributed by atoms with Gasteiger partial charge in [0.2, 0.25) is 0 Å². The van der Waals surface area contributed by atoms with E-state index in [1.807, 2.05) is 12.1 Å². The minimum Gasteiger partial charge on any atom is -0.478 e. The molecule has 0 saturated heterocycles. The lowest BCUT2D eigenvalue weighted by atomic mass is 10.2. The molecule has 2 aromatic heterocycles. The second-order valence-corrected chi connectivity index (χ2v) is 6.14. The van der Waals surface area contributed by atoms with Gasteiger partial charge in [-0.05, 0) is 34.5 Å². The van der Waals surface area contributed by atoms with Crippen LogP contribution in [0.5, 0.6) is 0 Å². The van der Waals surface area contributed by atoms with Gasteiger partial charge in [-0.2, -0.15) is 0 Å². The lowest BCUT2D eigenvalue weighted by Gasteiger charge is -2.01. The smallest absolute Gasteiger partial charge is 0.335 e. The van der Waals surface area contributed by atoms with Crippen molar-refractivity contribution >= 4 is 39.2 Å². The number of fused-ring (bicyclic) bond motifs is 1. The summed E-state index contributed by atoms with van der Waals surface area (Å²) in [5.41, 5.74) is 1.54. The highest BCUT2D eigenvalue weighted by Gasteiger charge is 2.07. The Hall–Kier alpha value is -1.85. The first-order chi connectivity index (χ1) is 9.74. The van der Waals surface area contributed by atoms with Crippen molar-refractivity contribution in [2.75, 3.05) is 0 Å². The number of carboxylic acid groups (broad SMARTS) is 1. The van der Waals surface area contributed by atoms with Gasteiger partial charge in [-0.3, -0.25) is 0 Å². The van der Waals surface area contributed by atoms with Crippen molar-refractivity contribution in [1.29, 1.82) is 0 Å². The molecule has 0 bridgehead atoms.